The second kappa shape index (κ2) is 7.39. The molecule has 1 aromatic heterocycles. The van der Waals surface area contributed by atoms with E-state index in [1.54, 1.807) is 0 Å². The largest absolute Gasteiger partial charge is 0.494 e. The first-order valence-electron chi connectivity index (χ1n) is 10.2. The Morgan fingerprint density at radius 2 is 1.97 bits per heavy atom. The predicted octanol–water partition coefficient (Wildman–Crippen LogP) is 2.62. The third-order valence-corrected chi connectivity index (χ3v) is 7.02. The smallest absolute Gasteiger partial charge is 0.321 e. The number of nitrogens with zero attached hydrogens (tertiary/aromatic N) is 2. The van der Waals surface area contributed by atoms with E-state index < -0.39 is 6.03 Å². The molecule has 2 aliphatic carbocycles. The van der Waals surface area contributed by atoms with Crippen LogP contribution in [0.25, 0.3) is 10.2 Å². The molecule has 1 aromatic carbocycles. The molecule has 3 aliphatic rings. The van der Waals surface area contributed by atoms with Crippen LogP contribution in [-0.4, -0.2) is 47.4 Å². The summed E-state index contributed by atoms with van der Waals surface area (Å²) in [7, 11) is 0. The molecule has 156 valence electrons. The van der Waals surface area contributed by atoms with Crippen molar-refractivity contribution in [3.8, 4) is 5.75 Å². The minimum absolute atomic E-state index is 0.0969. The molecule has 1 saturated heterocycles. The van der Waals surface area contributed by atoms with Gasteiger partial charge in [-0.25, -0.2) is 9.78 Å². The first kappa shape index (κ1) is 19.0. The van der Waals surface area contributed by atoms with Crippen molar-refractivity contribution in [3.63, 3.8) is 0 Å². The average Bonchev–Trinajstić information content (AvgIpc) is 3.47. The van der Waals surface area contributed by atoms with Gasteiger partial charge in [-0.1, -0.05) is 23.5 Å². The third kappa shape index (κ3) is 3.13. The second-order valence-corrected chi connectivity index (χ2v) is 8.82. The first-order chi connectivity index (χ1) is 14.5. The Bertz CT molecular complexity index is 1030. The van der Waals surface area contributed by atoms with Crippen LogP contribution in [0.3, 0.4) is 0 Å². The molecule has 1 saturated carbocycles. The Labute approximate surface area is 177 Å². The topological polar surface area (TPSA) is 101 Å². The fourth-order valence-electron chi connectivity index (χ4n) is 4.82. The summed E-state index contributed by atoms with van der Waals surface area (Å²) in [5.74, 6) is 0.525. The van der Waals surface area contributed by atoms with Crippen molar-refractivity contribution in [2.45, 2.75) is 13.3 Å². The highest BCUT2D eigenvalue weighted by Gasteiger charge is 2.58. The quantitative estimate of drug-likeness (QED) is 0.546. The van der Waals surface area contributed by atoms with Gasteiger partial charge in [0.15, 0.2) is 5.13 Å². The zero-order chi connectivity index (χ0) is 20.8. The highest BCUT2D eigenvalue weighted by atomic mass is 32.1. The Balaban J connectivity index is 1.15. The van der Waals surface area contributed by atoms with Gasteiger partial charge in [0.25, 0.3) is 0 Å². The van der Waals surface area contributed by atoms with Crippen molar-refractivity contribution in [3.05, 3.63) is 30.4 Å². The lowest BCUT2D eigenvalue weighted by Crippen LogP contribution is -2.40. The van der Waals surface area contributed by atoms with Crippen LogP contribution < -0.4 is 15.4 Å². The Hall–Kier alpha value is -2.94. The van der Waals surface area contributed by atoms with E-state index in [0.29, 0.717) is 11.7 Å². The number of ether oxygens (including phenoxy) is 1. The van der Waals surface area contributed by atoms with E-state index in [1.165, 1.54) is 16.2 Å². The highest BCUT2D eigenvalue weighted by Crippen LogP contribution is 2.52. The molecule has 0 unspecified atom stereocenters. The van der Waals surface area contributed by atoms with E-state index in [0.717, 1.165) is 22.4 Å². The molecular weight excluding hydrogens is 404 g/mol. The molecule has 0 radical (unpaired) electrons. The number of thiazole rings is 1. The number of rotatable bonds is 6. The number of nitrogens with one attached hydrogen (secondary N) is 2. The number of hydrogen-bond donors (Lipinski definition) is 2. The van der Waals surface area contributed by atoms with Crippen LogP contribution in [0.2, 0.25) is 0 Å². The molecule has 5 rings (SSSR count). The Morgan fingerprint density at radius 3 is 2.67 bits per heavy atom. The Kier molecular flexibility index (Phi) is 4.69. The van der Waals surface area contributed by atoms with Gasteiger partial charge in [0, 0.05) is 19.2 Å². The molecule has 2 bridgehead atoms. The summed E-state index contributed by atoms with van der Waals surface area (Å²) < 4.78 is 6.41. The van der Waals surface area contributed by atoms with Gasteiger partial charge in [-0.3, -0.25) is 19.8 Å². The lowest BCUT2D eigenvalue weighted by molar-refractivity contribution is -0.140. The first-order valence-corrected chi connectivity index (χ1v) is 11.0. The number of carbonyl (C=O) groups excluding carboxylic acids is 3. The second-order valence-electron chi connectivity index (χ2n) is 7.79. The number of aromatic nitrogens is 1. The van der Waals surface area contributed by atoms with Crippen LogP contribution in [-0.2, 0) is 9.59 Å². The van der Waals surface area contributed by atoms with Gasteiger partial charge in [0.1, 0.15) is 5.75 Å². The number of allylic oxidation sites excluding steroid dienone is 2. The number of amides is 4. The fourth-order valence-corrected chi connectivity index (χ4v) is 5.67. The molecule has 2 fully saturated rings. The summed E-state index contributed by atoms with van der Waals surface area (Å²) in [6.45, 7) is 2.88. The summed E-state index contributed by atoms with van der Waals surface area (Å²) >= 11 is 1.37. The van der Waals surface area contributed by atoms with Crippen LogP contribution >= 0.6 is 11.3 Å². The van der Waals surface area contributed by atoms with E-state index in [4.69, 9.17) is 4.74 Å². The van der Waals surface area contributed by atoms with E-state index in [9.17, 15) is 14.4 Å². The molecule has 30 heavy (non-hydrogen) atoms. The summed E-state index contributed by atoms with van der Waals surface area (Å²) in [6.07, 6.45) is 5.05. The molecule has 2 heterocycles. The maximum Gasteiger partial charge on any atom is 0.321 e. The normalized spacial score (nSPS) is 26.5. The molecule has 2 aromatic rings. The average molecular weight is 426 g/mol. The highest BCUT2D eigenvalue weighted by molar-refractivity contribution is 7.22. The lowest BCUT2D eigenvalue weighted by atomic mass is 9.85. The summed E-state index contributed by atoms with van der Waals surface area (Å²) in [4.78, 5) is 43.3. The van der Waals surface area contributed by atoms with Crippen molar-refractivity contribution in [1.29, 1.82) is 0 Å². The number of benzene rings is 1. The molecule has 2 N–H and O–H groups in total. The monoisotopic (exact) mass is 426 g/mol. The predicted molar refractivity (Wildman–Crippen MR) is 112 cm³/mol. The summed E-state index contributed by atoms with van der Waals surface area (Å²) in [6, 6.07) is 5.20. The van der Waals surface area contributed by atoms with E-state index >= 15 is 0 Å². The maximum absolute atomic E-state index is 12.7. The van der Waals surface area contributed by atoms with E-state index in [2.05, 4.69) is 27.8 Å². The van der Waals surface area contributed by atoms with Crippen molar-refractivity contribution in [1.82, 2.24) is 15.2 Å². The summed E-state index contributed by atoms with van der Waals surface area (Å²) in [5, 5.41) is 5.90. The fraction of sp³-hybridized carbons (Fsp3) is 0.429. The number of urea groups is 1. The van der Waals surface area contributed by atoms with Crippen LogP contribution in [0.1, 0.15) is 13.3 Å². The molecule has 8 nitrogen and oxygen atoms in total. The molecule has 9 heteroatoms. The third-order valence-electron chi connectivity index (χ3n) is 6.07. The number of carbonyl (C=O) groups is 3. The summed E-state index contributed by atoms with van der Waals surface area (Å²) in [5.41, 5.74) is 0.754. The van der Waals surface area contributed by atoms with Gasteiger partial charge < -0.3 is 10.1 Å². The van der Waals surface area contributed by atoms with Gasteiger partial charge in [-0.15, -0.1) is 0 Å². The van der Waals surface area contributed by atoms with E-state index in [-0.39, 0.29) is 48.6 Å². The van der Waals surface area contributed by atoms with Crippen molar-refractivity contribution in [2.75, 3.05) is 25.0 Å². The molecule has 4 amide bonds. The molecular formula is C21H22N4O4S. The van der Waals surface area contributed by atoms with Crippen LogP contribution in [0.4, 0.5) is 9.93 Å². The van der Waals surface area contributed by atoms with Crippen LogP contribution in [0, 0.1) is 23.7 Å². The van der Waals surface area contributed by atoms with Crippen molar-refractivity contribution in [2.24, 2.45) is 23.7 Å². The van der Waals surface area contributed by atoms with Gasteiger partial charge in [0.2, 0.25) is 11.8 Å². The molecule has 4 atom stereocenters. The number of hydrogen-bond acceptors (Lipinski definition) is 6. The molecule has 1 aliphatic heterocycles. The van der Waals surface area contributed by atoms with Crippen molar-refractivity contribution >= 4 is 44.5 Å². The van der Waals surface area contributed by atoms with Gasteiger partial charge in [-0.05, 0) is 37.3 Å². The molecule has 0 spiro atoms. The SMILES string of the molecule is CCOc1ccc2sc(NC(=O)NCCN3C(=O)[C@H]4[C@H](C3=O)[C@H]3C=C[C@H]4C3)nc2c1. The zero-order valence-electron chi connectivity index (χ0n) is 16.5. The lowest BCUT2D eigenvalue weighted by Gasteiger charge is -2.17. The zero-order valence-corrected chi connectivity index (χ0v) is 17.3. The van der Waals surface area contributed by atoms with Gasteiger partial charge >= 0.3 is 6.03 Å². The Morgan fingerprint density at radius 1 is 1.23 bits per heavy atom. The minimum atomic E-state index is -0.417. The number of imide groups is 1. The number of likely N-dealkylation sites (tertiary alicyclic amines) is 1. The number of fused-ring (bicyclic) bond motifs is 6. The van der Waals surface area contributed by atoms with Gasteiger partial charge in [0.05, 0.1) is 28.7 Å². The number of anilines is 1. The van der Waals surface area contributed by atoms with Crippen LogP contribution in [0.15, 0.2) is 30.4 Å². The standard InChI is InChI=1S/C21H22N4O4S/c1-2-29-13-5-6-15-14(10-13)23-21(30-15)24-20(28)22-7-8-25-18(26)16-11-3-4-12(9-11)17(16)19(25)27/h3-6,10-12,16-17H,2,7-9H2,1H3,(H2,22,23,24,28)/t11-,12-,16+,17+/m0/s1. The maximum atomic E-state index is 12.7. The van der Waals surface area contributed by atoms with Gasteiger partial charge in [-0.2, -0.15) is 0 Å². The van der Waals surface area contributed by atoms with Crippen molar-refractivity contribution < 1.29 is 19.1 Å². The minimum Gasteiger partial charge on any atom is -0.494 e. The van der Waals surface area contributed by atoms with Crippen LogP contribution in [0.5, 0.6) is 5.75 Å². The van der Waals surface area contributed by atoms with E-state index in [1.807, 2.05) is 25.1 Å².